The van der Waals surface area contributed by atoms with Gasteiger partial charge in [-0.3, -0.25) is 10.1 Å². The van der Waals surface area contributed by atoms with E-state index < -0.39 is 4.92 Å². The fourth-order valence-corrected chi connectivity index (χ4v) is 1.53. The molecule has 6 nitrogen and oxygen atoms in total. The van der Waals surface area contributed by atoms with Crippen LogP contribution in [0.15, 0.2) is 28.9 Å². The summed E-state index contributed by atoms with van der Waals surface area (Å²) < 4.78 is 2.16. The zero-order valence-electron chi connectivity index (χ0n) is 8.29. The minimum Gasteiger partial charge on any atom is -0.258 e. The maximum atomic E-state index is 10.6. The molecule has 1 aromatic heterocycles. The highest BCUT2D eigenvalue weighted by Crippen LogP contribution is 2.19. The van der Waals surface area contributed by atoms with E-state index in [9.17, 15) is 10.1 Å². The van der Waals surface area contributed by atoms with Crippen molar-refractivity contribution < 1.29 is 4.92 Å². The van der Waals surface area contributed by atoms with E-state index in [4.69, 9.17) is 0 Å². The van der Waals surface area contributed by atoms with Crippen molar-refractivity contribution in [3.05, 3.63) is 44.7 Å². The molecule has 0 saturated carbocycles. The van der Waals surface area contributed by atoms with Gasteiger partial charge in [-0.25, -0.2) is 4.68 Å². The minimum atomic E-state index is -0.440. The first-order valence-corrected chi connectivity index (χ1v) is 5.21. The van der Waals surface area contributed by atoms with Gasteiger partial charge >= 0.3 is 0 Å². The molecule has 0 aliphatic carbocycles. The molecule has 0 fully saturated rings. The molecular formula is C9H7BrN4O2. The van der Waals surface area contributed by atoms with E-state index in [0.717, 1.165) is 5.69 Å². The van der Waals surface area contributed by atoms with Crippen LogP contribution in [-0.2, 0) is 0 Å². The van der Waals surface area contributed by atoms with E-state index in [-0.39, 0.29) is 5.69 Å². The highest BCUT2D eigenvalue weighted by atomic mass is 79.9. The van der Waals surface area contributed by atoms with Crippen LogP contribution in [0.5, 0.6) is 0 Å². The Labute approximate surface area is 99.2 Å². The molecule has 0 unspecified atom stereocenters. The summed E-state index contributed by atoms with van der Waals surface area (Å²) in [5, 5.41) is 18.3. The first-order valence-electron chi connectivity index (χ1n) is 4.42. The van der Waals surface area contributed by atoms with Crippen molar-refractivity contribution in [1.29, 1.82) is 0 Å². The fraction of sp³-hybridized carbons (Fsp3) is 0.111. The maximum Gasteiger partial charge on any atom is 0.271 e. The van der Waals surface area contributed by atoms with Gasteiger partial charge in [0.15, 0.2) is 4.60 Å². The summed E-state index contributed by atoms with van der Waals surface area (Å²) in [4.78, 5) is 10.2. The van der Waals surface area contributed by atoms with E-state index in [0.29, 0.717) is 10.3 Å². The van der Waals surface area contributed by atoms with Gasteiger partial charge in [-0.1, -0.05) is 11.3 Å². The lowest BCUT2D eigenvalue weighted by Crippen LogP contribution is -2.00. The predicted octanol–water partition coefficient (Wildman–Crippen LogP) is 2.25. The second-order valence-electron chi connectivity index (χ2n) is 3.15. The molecule has 0 aliphatic rings. The Kier molecular flexibility index (Phi) is 2.69. The van der Waals surface area contributed by atoms with Crippen molar-refractivity contribution in [2.24, 2.45) is 0 Å². The lowest BCUT2D eigenvalue weighted by Gasteiger charge is -2.02. The molecule has 0 aliphatic heterocycles. The van der Waals surface area contributed by atoms with Crippen LogP contribution in [0.25, 0.3) is 5.69 Å². The van der Waals surface area contributed by atoms with Gasteiger partial charge in [0.1, 0.15) is 0 Å². The van der Waals surface area contributed by atoms with Crippen LogP contribution in [0, 0.1) is 17.0 Å². The van der Waals surface area contributed by atoms with Gasteiger partial charge in [-0.05, 0) is 28.9 Å². The van der Waals surface area contributed by atoms with Gasteiger partial charge < -0.3 is 0 Å². The SMILES string of the molecule is Cc1c(Br)nnn1-c1cccc([N+](=O)[O-])c1. The Bertz CT molecular complexity index is 552. The highest BCUT2D eigenvalue weighted by Gasteiger charge is 2.11. The molecule has 0 saturated heterocycles. The average molecular weight is 283 g/mol. The van der Waals surface area contributed by atoms with E-state index >= 15 is 0 Å². The molecule has 2 aromatic rings. The van der Waals surface area contributed by atoms with Gasteiger partial charge in [-0.2, -0.15) is 0 Å². The topological polar surface area (TPSA) is 73.8 Å². The summed E-state index contributed by atoms with van der Waals surface area (Å²) in [6.07, 6.45) is 0. The van der Waals surface area contributed by atoms with Crippen LogP contribution < -0.4 is 0 Å². The van der Waals surface area contributed by atoms with Crippen molar-refractivity contribution in [3.63, 3.8) is 0 Å². The van der Waals surface area contributed by atoms with Crippen LogP contribution in [0.1, 0.15) is 5.69 Å². The highest BCUT2D eigenvalue weighted by molar-refractivity contribution is 9.10. The van der Waals surface area contributed by atoms with Gasteiger partial charge in [0, 0.05) is 12.1 Å². The first-order chi connectivity index (χ1) is 7.59. The summed E-state index contributed by atoms with van der Waals surface area (Å²) in [6.45, 7) is 1.82. The Morgan fingerprint density at radius 2 is 2.25 bits per heavy atom. The number of halogens is 1. The molecule has 0 atom stereocenters. The van der Waals surface area contributed by atoms with Crippen molar-refractivity contribution in [2.75, 3.05) is 0 Å². The number of hydrogen-bond donors (Lipinski definition) is 0. The Balaban J connectivity index is 2.52. The smallest absolute Gasteiger partial charge is 0.258 e. The van der Waals surface area contributed by atoms with Crippen molar-refractivity contribution in [1.82, 2.24) is 15.0 Å². The Morgan fingerprint density at radius 1 is 1.50 bits per heavy atom. The van der Waals surface area contributed by atoms with E-state index in [1.165, 1.54) is 16.8 Å². The molecule has 7 heteroatoms. The number of hydrogen-bond acceptors (Lipinski definition) is 4. The van der Waals surface area contributed by atoms with Crippen LogP contribution in [0.4, 0.5) is 5.69 Å². The van der Waals surface area contributed by atoms with Gasteiger partial charge in [0.2, 0.25) is 0 Å². The number of non-ortho nitro benzene ring substituents is 1. The van der Waals surface area contributed by atoms with Crippen molar-refractivity contribution in [3.8, 4) is 5.69 Å². The van der Waals surface area contributed by atoms with Crippen molar-refractivity contribution in [2.45, 2.75) is 6.92 Å². The third-order valence-electron chi connectivity index (χ3n) is 2.12. The Morgan fingerprint density at radius 3 is 2.81 bits per heavy atom. The molecule has 0 spiro atoms. The van der Waals surface area contributed by atoms with Gasteiger partial charge in [-0.15, -0.1) is 5.10 Å². The maximum absolute atomic E-state index is 10.6. The lowest BCUT2D eigenvalue weighted by atomic mass is 10.3. The summed E-state index contributed by atoms with van der Waals surface area (Å²) in [6, 6.07) is 6.24. The summed E-state index contributed by atoms with van der Waals surface area (Å²) in [5.41, 5.74) is 1.44. The van der Waals surface area contributed by atoms with Gasteiger partial charge in [0.05, 0.1) is 16.3 Å². The largest absolute Gasteiger partial charge is 0.271 e. The van der Waals surface area contributed by atoms with Crippen LogP contribution in [0.2, 0.25) is 0 Å². The van der Waals surface area contributed by atoms with Crippen molar-refractivity contribution >= 4 is 21.6 Å². The third-order valence-corrected chi connectivity index (χ3v) is 2.86. The van der Waals surface area contributed by atoms with E-state index in [1.54, 1.807) is 12.1 Å². The third kappa shape index (κ3) is 1.81. The summed E-state index contributed by atoms with van der Waals surface area (Å²) >= 11 is 3.23. The second kappa shape index (κ2) is 4.01. The monoisotopic (exact) mass is 282 g/mol. The summed E-state index contributed by atoms with van der Waals surface area (Å²) in [7, 11) is 0. The number of benzene rings is 1. The van der Waals surface area contributed by atoms with Gasteiger partial charge in [0.25, 0.3) is 5.69 Å². The quantitative estimate of drug-likeness (QED) is 0.625. The molecule has 0 bridgehead atoms. The average Bonchev–Trinajstić information content (AvgIpc) is 2.60. The Hall–Kier alpha value is -1.76. The van der Waals surface area contributed by atoms with E-state index in [1.807, 2.05) is 6.92 Å². The number of nitro groups is 1. The fourth-order valence-electron chi connectivity index (χ4n) is 1.29. The number of nitrogens with zero attached hydrogens (tertiary/aromatic N) is 4. The molecular weight excluding hydrogens is 276 g/mol. The summed E-state index contributed by atoms with van der Waals surface area (Å²) in [5.74, 6) is 0. The van der Waals surface area contributed by atoms with Crippen LogP contribution in [-0.4, -0.2) is 19.9 Å². The standard InChI is InChI=1S/C9H7BrN4O2/c1-6-9(10)11-12-13(6)7-3-2-4-8(5-7)14(15)16/h2-5H,1H3. The molecule has 16 heavy (non-hydrogen) atoms. The first kappa shape index (κ1) is 10.7. The zero-order chi connectivity index (χ0) is 11.7. The molecule has 0 radical (unpaired) electrons. The molecule has 1 heterocycles. The minimum absolute atomic E-state index is 0.0310. The molecule has 82 valence electrons. The predicted molar refractivity (Wildman–Crippen MR) is 60.5 cm³/mol. The second-order valence-corrected chi connectivity index (χ2v) is 3.91. The van der Waals surface area contributed by atoms with Crippen LogP contribution >= 0.6 is 15.9 Å². The normalized spacial score (nSPS) is 10.4. The zero-order valence-corrected chi connectivity index (χ0v) is 9.88. The number of rotatable bonds is 2. The molecule has 2 rings (SSSR count). The van der Waals surface area contributed by atoms with Crippen LogP contribution in [0.3, 0.4) is 0 Å². The van der Waals surface area contributed by atoms with E-state index in [2.05, 4.69) is 26.2 Å². The number of nitro benzene ring substituents is 1. The lowest BCUT2D eigenvalue weighted by molar-refractivity contribution is -0.384. The molecule has 0 amide bonds. The molecule has 0 N–H and O–H groups in total. The number of aromatic nitrogens is 3. The molecule has 1 aromatic carbocycles.